The Bertz CT molecular complexity index is 908. The Kier molecular flexibility index (Phi) is 6.81. The van der Waals surface area contributed by atoms with Crippen molar-refractivity contribution in [2.75, 3.05) is 12.8 Å². The summed E-state index contributed by atoms with van der Waals surface area (Å²) in [5.41, 5.74) is 1.37. The minimum absolute atomic E-state index is 0.255. The zero-order valence-corrected chi connectivity index (χ0v) is 15.8. The summed E-state index contributed by atoms with van der Waals surface area (Å²) in [6.45, 7) is 1.71. The number of Topliss-reactive ketones (excluding diaryl/α,β-unsaturated/α-hetero) is 1. The van der Waals surface area contributed by atoms with Gasteiger partial charge in [-0.2, -0.15) is 0 Å². The molecule has 27 heavy (non-hydrogen) atoms. The van der Waals surface area contributed by atoms with E-state index in [9.17, 15) is 22.4 Å². The van der Waals surface area contributed by atoms with E-state index in [-0.39, 0.29) is 17.7 Å². The first-order valence-electron chi connectivity index (χ1n) is 8.20. The number of benzene rings is 2. The van der Waals surface area contributed by atoms with Crippen molar-refractivity contribution in [3.63, 3.8) is 0 Å². The number of hydrogen-bond acceptors (Lipinski definition) is 5. The molecule has 0 radical (unpaired) electrons. The molecule has 144 valence electrons. The van der Waals surface area contributed by atoms with Crippen LogP contribution in [0.15, 0.2) is 48.5 Å². The average Bonchev–Trinajstić information content (AvgIpc) is 2.61. The largest absolute Gasteiger partial charge is 0.451 e. The highest BCUT2D eigenvalue weighted by Crippen LogP contribution is 2.12. The molecule has 0 amide bonds. The zero-order valence-electron chi connectivity index (χ0n) is 14.9. The lowest BCUT2D eigenvalue weighted by Crippen LogP contribution is -2.25. The normalized spacial score (nSPS) is 12.4. The Morgan fingerprint density at radius 3 is 2.15 bits per heavy atom. The van der Waals surface area contributed by atoms with Gasteiger partial charge in [0.15, 0.2) is 6.10 Å². The predicted octanol–water partition coefficient (Wildman–Crippen LogP) is 2.35. The molecule has 2 aromatic rings. The third kappa shape index (κ3) is 6.58. The second-order valence-electron chi connectivity index (χ2n) is 6.03. The maximum absolute atomic E-state index is 12.9. The van der Waals surface area contributed by atoms with Crippen LogP contribution in [0.2, 0.25) is 0 Å². The fourth-order valence-electron chi connectivity index (χ4n) is 2.32. The van der Waals surface area contributed by atoms with Crippen molar-refractivity contribution in [3.05, 3.63) is 71.0 Å². The van der Waals surface area contributed by atoms with Crippen LogP contribution in [0.5, 0.6) is 0 Å². The van der Waals surface area contributed by atoms with Gasteiger partial charge in [0.2, 0.25) is 15.8 Å². The molecule has 0 bridgehead atoms. The summed E-state index contributed by atoms with van der Waals surface area (Å²) in [6, 6.07) is 11.5. The standard InChI is InChI=1S/C19H20FNO5S/c1-13(18(22)15-7-9-17(20)10-8-15)26-19(23)16-5-3-14(4-6-16)11-12-21-27(2,24)25/h3-10,13,21H,11-12H2,1-2H3/t13-/m1/s1. The summed E-state index contributed by atoms with van der Waals surface area (Å²) in [5.74, 6) is -1.53. The number of ketones is 1. The van der Waals surface area contributed by atoms with E-state index in [1.165, 1.54) is 31.2 Å². The lowest BCUT2D eigenvalue weighted by atomic mass is 10.1. The van der Waals surface area contributed by atoms with E-state index < -0.39 is 33.7 Å². The van der Waals surface area contributed by atoms with Crippen LogP contribution in [-0.2, 0) is 21.2 Å². The molecule has 2 aromatic carbocycles. The number of rotatable bonds is 8. The van der Waals surface area contributed by atoms with E-state index in [1.807, 2.05) is 0 Å². The Morgan fingerprint density at radius 2 is 1.59 bits per heavy atom. The van der Waals surface area contributed by atoms with Crippen molar-refractivity contribution in [1.29, 1.82) is 0 Å². The van der Waals surface area contributed by atoms with Gasteiger partial charge in [0, 0.05) is 12.1 Å². The number of sulfonamides is 1. The summed E-state index contributed by atoms with van der Waals surface area (Å²) < 4.78 is 42.5. The molecule has 0 heterocycles. The van der Waals surface area contributed by atoms with Gasteiger partial charge in [0.05, 0.1) is 11.8 Å². The number of carbonyl (C=O) groups is 2. The molecule has 1 N–H and O–H groups in total. The first kappa shape index (κ1) is 20.7. The van der Waals surface area contributed by atoms with E-state index >= 15 is 0 Å². The molecule has 6 nitrogen and oxygen atoms in total. The molecule has 0 saturated heterocycles. The van der Waals surface area contributed by atoms with Gasteiger partial charge in [0.25, 0.3) is 0 Å². The van der Waals surface area contributed by atoms with E-state index in [0.29, 0.717) is 6.42 Å². The fourth-order valence-corrected chi connectivity index (χ4v) is 2.79. The quantitative estimate of drug-likeness (QED) is 0.549. The number of hydrogen-bond donors (Lipinski definition) is 1. The molecule has 0 aliphatic heterocycles. The van der Waals surface area contributed by atoms with Crippen molar-refractivity contribution >= 4 is 21.8 Å². The summed E-state index contributed by atoms with van der Waals surface area (Å²) in [4.78, 5) is 24.4. The van der Waals surface area contributed by atoms with Gasteiger partial charge >= 0.3 is 5.97 Å². The van der Waals surface area contributed by atoms with Crippen LogP contribution < -0.4 is 4.72 Å². The number of nitrogens with one attached hydrogen (secondary N) is 1. The zero-order chi connectivity index (χ0) is 20.0. The van der Waals surface area contributed by atoms with E-state index in [1.54, 1.807) is 24.3 Å². The topological polar surface area (TPSA) is 89.5 Å². The number of esters is 1. The van der Waals surface area contributed by atoms with Crippen molar-refractivity contribution in [2.45, 2.75) is 19.4 Å². The Balaban J connectivity index is 1.93. The molecule has 0 fully saturated rings. The van der Waals surface area contributed by atoms with Crippen molar-refractivity contribution in [3.8, 4) is 0 Å². The average molecular weight is 393 g/mol. The van der Waals surface area contributed by atoms with E-state index in [4.69, 9.17) is 4.74 Å². The third-order valence-electron chi connectivity index (χ3n) is 3.75. The highest BCUT2D eigenvalue weighted by atomic mass is 32.2. The van der Waals surface area contributed by atoms with Crippen LogP contribution >= 0.6 is 0 Å². The number of ether oxygens (including phenoxy) is 1. The molecule has 0 saturated carbocycles. The Morgan fingerprint density at radius 1 is 1.04 bits per heavy atom. The molecule has 0 unspecified atom stereocenters. The van der Waals surface area contributed by atoms with Gasteiger partial charge in [-0.25, -0.2) is 22.3 Å². The number of halogens is 1. The first-order valence-corrected chi connectivity index (χ1v) is 10.1. The van der Waals surface area contributed by atoms with Crippen LogP contribution in [0.4, 0.5) is 4.39 Å². The molecular formula is C19H20FNO5S. The minimum atomic E-state index is -3.24. The van der Waals surface area contributed by atoms with Gasteiger partial charge in [-0.1, -0.05) is 12.1 Å². The fraction of sp³-hybridized carbons (Fsp3) is 0.263. The van der Waals surface area contributed by atoms with Gasteiger partial charge in [0.1, 0.15) is 5.82 Å². The Hall–Kier alpha value is -2.58. The molecule has 0 aliphatic carbocycles. The van der Waals surface area contributed by atoms with Crippen molar-refractivity contribution in [2.24, 2.45) is 0 Å². The molecule has 1 atom stereocenters. The summed E-state index contributed by atoms with van der Waals surface area (Å²) in [7, 11) is -3.24. The predicted molar refractivity (Wildman–Crippen MR) is 98.6 cm³/mol. The summed E-state index contributed by atoms with van der Waals surface area (Å²) in [5, 5.41) is 0. The molecule has 8 heteroatoms. The van der Waals surface area contributed by atoms with Gasteiger partial charge in [-0.3, -0.25) is 4.79 Å². The third-order valence-corrected chi connectivity index (χ3v) is 4.48. The second-order valence-corrected chi connectivity index (χ2v) is 7.87. The minimum Gasteiger partial charge on any atom is -0.451 e. The summed E-state index contributed by atoms with van der Waals surface area (Å²) >= 11 is 0. The van der Waals surface area contributed by atoms with Crippen LogP contribution in [0.3, 0.4) is 0 Å². The smallest absolute Gasteiger partial charge is 0.338 e. The molecular weight excluding hydrogens is 373 g/mol. The lowest BCUT2D eigenvalue weighted by Gasteiger charge is -2.12. The van der Waals surface area contributed by atoms with Gasteiger partial charge < -0.3 is 4.74 Å². The van der Waals surface area contributed by atoms with Gasteiger partial charge in [-0.05, 0) is 55.3 Å². The van der Waals surface area contributed by atoms with Crippen LogP contribution in [-0.4, -0.2) is 39.1 Å². The summed E-state index contributed by atoms with van der Waals surface area (Å²) in [6.07, 6.45) is 0.545. The monoisotopic (exact) mass is 393 g/mol. The molecule has 0 aliphatic rings. The number of carbonyl (C=O) groups excluding carboxylic acids is 2. The van der Waals surface area contributed by atoms with Gasteiger partial charge in [-0.15, -0.1) is 0 Å². The first-order chi connectivity index (χ1) is 12.7. The lowest BCUT2D eigenvalue weighted by molar-refractivity contribution is 0.0319. The maximum atomic E-state index is 12.9. The molecule has 0 spiro atoms. The second kappa shape index (κ2) is 8.88. The van der Waals surface area contributed by atoms with E-state index in [2.05, 4.69) is 4.72 Å². The maximum Gasteiger partial charge on any atom is 0.338 e. The molecule has 2 rings (SSSR count). The van der Waals surface area contributed by atoms with E-state index in [0.717, 1.165) is 11.8 Å². The highest BCUT2D eigenvalue weighted by molar-refractivity contribution is 7.88. The molecule has 0 aromatic heterocycles. The van der Waals surface area contributed by atoms with Crippen LogP contribution in [0.25, 0.3) is 0 Å². The van der Waals surface area contributed by atoms with Crippen molar-refractivity contribution in [1.82, 2.24) is 4.72 Å². The SMILES string of the molecule is C[C@@H](OC(=O)c1ccc(CCNS(C)(=O)=O)cc1)C(=O)c1ccc(F)cc1. The van der Waals surface area contributed by atoms with Crippen molar-refractivity contribution < 1.29 is 27.1 Å². The van der Waals surface area contributed by atoms with Crippen LogP contribution in [0, 0.1) is 5.82 Å². The Labute approximate surface area is 157 Å². The highest BCUT2D eigenvalue weighted by Gasteiger charge is 2.20. The van der Waals surface area contributed by atoms with Crippen LogP contribution in [0.1, 0.15) is 33.2 Å².